The summed E-state index contributed by atoms with van der Waals surface area (Å²) in [6.07, 6.45) is 1.22. The van der Waals surface area contributed by atoms with Crippen LogP contribution in [0, 0.1) is 0 Å². The van der Waals surface area contributed by atoms with Crippen molar-refractivity contribution in [3.8, 4) is 0 Å². The fourth-order valence-electron chi connectivity index (χ4n) is 1.24. The molecule has 0 bridgehead atoms. The van der Waals surface area contributed by atoms with E-state index >= 15 is 0 Å². The first-order chi connectivity index (χ1) is 8.07. The van der Waals surface area contributed by atoms with Gasteiger partial charge in [0, 0.05) is 25.8 Å². The number of carbonyl (C=O) groups excluding carboxylic acids is 1. The number of nitrogens with zero attached hydrogens (tertiary/aromatic N) is 2. The maximum Gasteiger partial charge on any atom is 0.243 e. The van der Waals surface area contributed by atoms with Crippen molar-refractivity contribution in [1.29, 1.82) is 0 Å². The van der Waals surface area contributed by atoms with Gasteiger partial charge in [-0.15, -0.1) is 0 Å². The molecule has 0 spiro atoms. The van der Waals surface area contributed by atoms with Crippen molar-refractivity contribution in [1.82, 2.24) is 4.90 Å². The van der Waals surface area contributed by atoms with Gasteiger partial charge in [-0.25, -0.2) is 8.42 Å². The molecule has 7 nitrogen and oxygen atoms in total. The van der Waals surface area contributed by atoms with E-state index in [-0.39, 0.29) is 18.8 Å². The summed E-state index contributed by atoms with van der Waals surface area (Å²) in [6.45, 7) is 5.05. The van der Waals surface area contributed by atoms with Crippen molar-refractivity contribution in [2.24, 2.45) is 10.9 Å². The lowest BCUT2D eigenvalue weighted by molar-refractivity contribution is -0.132. The third-order valence-electron chi connectivity index (χ3n) is 2.88. The molecule has 0 heterocycles. The normalized spacial score (nSPS) is 13.4. The van der Waals surface area contributed by atoms with Crippen molar-refractivity contribution in [2.75, 3.05) is 19.3 Å². The SMILES string of the molecule is CCN(CCC(N)=NO)C(=O)C(C)(C)S(C)(=O)=O. The van der Waals surface area contributed by atoms with Gasteiger partial charge in [-0.1, -0.05) is 5.16 Å². The molecule has 0 aromatic heterocycles. The summed E-state index contributed by atoms with van der Waals surface area (Å²) in [7, 11) is -3.50. The van der Waals surface area contributed by atoms with Gasteiger partial charge in [0.05, 0.1) is 0 Å². The summed E-state index contributed by atoms with van der Waals surface area (Å²) in [5, 5.41) is 11.2. The maximum absolute atomic E-state index is 12.1. The predicted molar refractivity (Wildman–Crippen MR) is 69.2 cm³/mol. The van der Waals surface area contributed by atoms with Crippen LogP contribution in [0.15, 0.2) is 5.16 Å². The molecule has 8 heteroatoms. The minimum Gasteiger partial charge on any atom is -0.409 e. The van der Waals surface area contributed by atoms with Gasteiger partial charge >= 0.3 is 0 Å². The Bertz CT molecular complexity index is 428. The quantitative estimate of drug-likeness (QED) is 0.302. The first-order valence-electron chi connectivity index (χ1n) is 5.53. The zero-order chi connectivity index (χ0) is 14.6. The molecule has 0 aliphatic rings. The molecule has 0 unspecified atom stereocenters. The van der Waals surface area contributed by atoms with E-state index in [1.54, 1.807) is 6.92 Å². The van der Waals surface area contributed by atoms with Crippen LogP contribution in [0.25, 0.3) is 0 Å². The van der Waals surface area contributed by atoms with Gasteiger partial charge in [0.15, 0.2) is 9.84 Å². The van der Waals surface area contributed by atoms with E-state index in [4.69, 9.17) is 10.9 Å². The summed E-state index contributed by atoms with van der Waals surface area (Å²) in [6, 6.07) is 0. The molecule has 0 aliphatic heterocycles. The van der Waals surface area contributed by atoms with Crippen LogP contribution in [0.1, 0.15) is 27.2 Å². The number of hydrogen-bond acceptors (Lipinski definition) is 5. The third kappa shape index (κ3) is 3.86. The van der Waals surface area contributed by atoms with Crippen LogP contribution in [0.5, 0.6) is 0 Å². The largest absolute Gasteiger partial charge is 0.409 e. The number of carbonyl (C=O) groups is 1. The van der Waals surface area contributed by atoms with Gasteiger partial charge in [-0.3, -0.25) is 4.79 Å². The molecule has 0 saturated carbocycles. The summed E-state index contributed by atoms with van der Waals surface area (Å²) >= 11 is 0. The standard InChI is InChI=1S/C10H21N3O4S/c1-5-13(7-6-8(11)12-15)9(14)10(2,3)18(4,16)17/h15H,5-7H2,1-4H3,(H2,11,12). The Hall–Kier alpha value is -1.31. The van der Waals surface area contributed by atoms with Gasteiger partial charge in [-0.2, -0.15) is 0 Å². The van der Waals surface area contributed by atoms with Crippen LogP contribution in [-0.4, -0.2) is 54.4 Å². The zero-order valence-corrected chi connectivity index (χ0v) is 12.0. The Balaban J connectivity index is 4.94. The molecule has 3 N–H and O–H groups in total. The fourth-order valence-corrected chi connectivity index (χ4v) is 1.69. The molecule has 0 aliphatic carbocycles. The lowest BCUT2D eigenvalue weighted by Crippen LogP contribution is -2.50. The van der Waals surface area contributed by atoms with Crippen LogP contribution in [0.2, 0.25) is 0 Å². The minimum atomic E-state index is -3.50. The van der Waals surface area contributed by atoms with E-state index in [0.29, 0.717) is 6.54 Å². The van der Waals surface area contributed by atoms with Crippen molar-refractivity contribution < 1.29 is 18.4 Å². The molecular formula is C10H21N3O4S. The average Bonchev–Trinajstić information content (AvgIpc) is 2.27. The van der Waals surface area contributed by atoms with Crippen molar-refractivity contribution >= 4 is 21.6 Å². The van der Waals surface area contributed by atoms with Gasteiger partial charge in [0.2, 0.25) is 5.91 Å². The Morgan fingerprint density at radius 3 is 2.28 bits per heavy atom. The lowest BCUT2D eigenvalue weighted by atomic mass is 10.1. The number of oxime groups is 1. The molecule has 0 aromatic carbocycles. The molecule has 0 rings (SSSR count). The number of amides is 1. The summed E-state index contributed by atoms with van der Waals surface area (Å²) in [5.41, 5.74) is 5.31. The summed E-state index contributed by atoms with van der Waals surface area (Å²) in [5.74, 6) is -0.489. The second-order valence-electron chi connectivity index (χ2n) is 4.51. The highest BCUT2D eigenvalue weighted by molar-refractivity contribution is 7.92. The van der Waals surface area contributed by atoms with Crippen molar-refractivity contribution in [3.05, 3.63) is 0 Å². The first-order valence-corrected chi connectivity index (χ1v) is 7.42. The van der Waals surface area contributed by atoms with Crippen molar-refractivity contribution in [2.45, 2.75) is 31.9 Å². The van der Waals surface area contributed by atoms with Crippen LogP contribution in [0.4, 0.5) is 0 Å². The lowest BCUT2D eigenvalue weighted by Gasteiger charge is -2.29. The van der Waals surface area contributed by atoms with Crippen LogP contribution in [-0.2, 0) is 14.6 Å². The molecule has 0 aromatic rings. The van der Waals surface area contributed by atoms with Crippen LogP contribution >= 0.6 is 0 Å². The highest BCUT2D eigenvalue weighted by atomic mass is 32.2. The maximum atomic E-state index is 12.1. The van der Waals surface area contributed by atoms with E-state index in [0.717, 1.165) is 6.26 Å². The van der Waals surface area contributed by atoms with E-state index in [9.17, 15) is 13.2 Å². The van der Waals surface area contributed by atoms with E-state index < -0.39 is 20.5 Å². The van der Waals surface area contributed by atoms with Crippen LogP contribution in [0.3, 0.4) is 0 Å². The molecule has 106 valence electrons. The van der Waals surface area contributed by atoms with Gasteiger partial charge < -0.3 is 15.8 Å². The molecule has 1 amide bonds. The number of hydrogen-bond donors (Lipinski definition) is 2. The Kier molecular flexibility index (Phi) is 5.59. The number of rotatable bonds is 6. The Morgan fingerprint density at radius 2 is 1.94 bits per heavy atom. The van der Waals surface area contributed by atoms with Gasteiger partial charge in [0.25, 0.3) is 0 Å². The highest BCUT2D eigenvalue weighted by Gasteiger charge is 2.40. The monoisotopic (exact) mass is 279 g/mol. The summed E-state index contributed by atoms with van der Waals surface area (Å²) < 4.78 is 21.7. The Morgan fingerprint density at radius 1 is 1.44 bits per heavy atom. The fraction of sp³-hybridized carbons (Fsp3) is 0.800. The second-order valence-corrected chi connectivity index (χ2v) is 7.07. The molecular weight excluding hydrogens is 258 g/mol. The molecule has 0 saturated heterocycles. The number of sulfone groups is 1. The topological polar surface area (TPSA) is 113 Å². The van der Waals surface area contributed by atoms with Crippen LogP contribution < -0.4 is 5.73 Å². The molecule has 0 fully saturated rings. The van der Waals surface area contributed by atoms with Crippen molar-refractivity contribution in [3.63, 3.8) is 0 Å². The number of amidine groups is 1. The first kappa shape index (κ1) is 16.7. The van der Waals surface area contributed by atoms with E-state index in [2.05, 4.69) is 5.16 Å². The zero-order valence-electron chi connectivity index (χ0n) is 11.2. The van der Waals surface area contributed by atoms with Gasteiger partial charge in [-0.05, 0) is 20.8 Å². The predicted octanol–water partition coefficient (Wildman–Crippen LogP) is -0.205. The second kappa shape index (κ2) is 6.03. The molecule has 18 heavy (non-hydrogen) atoms. The Labute approximate surface area is 108 Å². The third-order valence-corrected chi connectivity index (χ3v) is 4.91. The average molecular weight is 279 g/mol. The number of nitrogens with two attached hydrogens (primary N) is 1. The summed E-state index contributed by atoms with van der Waals surface area (Å²) in [4.78, 5) is 13.5. The molecule has 0 radical (unpaired) electrons. The highest BCUT2D eigenvalue weighted by Crippen LogP contribution is 2.18. The van der Waals surface area contributed by atoms with E-state index in [1.165, 1.54) is 18.7 Å². The molecule has 0 atom stereocenters. The van der Waals surface area contributed by atoms with E-state index in [1.807, 2.05) is 0 Å². The minimum absolute atomic E-state index is 0.00147. The smallest absolute Gasteiger partial charge is 0.243 e. The van der Waals surface area contributed by atoms with Gasteiger partial charge in [0.1, 0.15) is 10.6 Å².